The van der Waals surface area contributed by atoms with Gasteiger partial charge in [0, 0.05) is 36.8 Å². The summed E-state index contributed by atoms with van der Waals surface area (Å²) in [6.07, 6.45) is 1.02. The highest BCUT2D eigenvalue weighted by Crippen LogP contribution is 2.29. The fraction of sp³-hybridized carbons (Fsp3) is 0.846. The zero-order valence-corrected chi connectivity index (χ0v) is 14.4. The molecular weight excluding hydrogens is 282 g/mol. The van der Waals surface area contributed by atoms with Crippen molar-refractivity contribution in [2.75, 3.05) is 14.2 Å². The number of rotatable bonds is 9. The third-order valence-electron chi connectivity index (χ3n) is 2.39. The van der Waals surface area contributed by atoms with Crippen molar-refractivity contribution in [1.29, 1.82) is 0 Å². The lowest BCUT2D eigenvalue weighted by atomic mass is 10.2. The molecule has 19 heavy (non-hydrogen) atoms. The molecule has 0 saturated carbocycles. The number of allylic oxidation sites excluding steroid dienone is 1. The first-order chi connectivity index (χ1) is 8.83. The molecule has 4 nitrogen and oxygen atoms in total. The molecule has 0 radical (unpaired) electrons. The van der Waals surface area contributed by atoms with Gasteiger partial charge in [0.15, 0.2) is 6.29 Å². The number of ether oxygens (including phenoxy) is 2. The number of methoxy groups -OCH3 is 2. The Morgan fingerprint density at radius 2 is 1.74 bits per heavy atom. The normalized spacial score (nSPS) is 15.2. The van der Waals surface area contributed by atoms with Gasteiger partial charge in [0.2, 0.25) is 0 Å². The molecule has 1 atom stereocenters. The third kappa shape index (κ3) is 7.34. The molecule has 0 saturated heterocycles. The minimum absolute atomic E-state index is 0.0699. The van der Waals surface area contributed by atoms with Gasteiger partial charge < -0.3 is 15.2 Å². The molecule has 0 spiro atoms. The number of hydrogen-bond acceptors (Lipinski definition) is 5. The van der Waals surface area contributed by atoms with E-state index in [9.17, 15) is 4.21 Å². The predicted octanol–water partition coefficient (Wildman–Crippen LogP) is 2.81. The lowest BCUT2D eigenvalue weighted by Gasteiger charge is -2.17. The van der Waals surface area contributed by atoms with Crippen molar-refractivity contribution in [3.8, 4) is 0 Å². The Morgan fingerprint density at radius 3 is 2.11 bits per heavy atom. The summed E-state index contributed by atoms with van der Waals surface area (Å²) >= 11 is 1.58. The average molecular weight is 309 g/mol. The van der Waals surface area contributed by atoms with Gasteiger partial charge in [0.1, 0.15) is 0 Å². The van der Waals surface area contributed by atoms with Crippen LogP contribution in [0.3, 0.4) is 0 Å². The summed E-state index contributed by atoms with van der Waals surface area (Å²) in [5.74, 6) is 0. The van der Waals surface area contributed by atoms with Crippen LogP contribution in [0.15, 0.2) is 9.93 Å². The molecule has 0 rings (SSSR count). The van der Waals surface area contributed by atoms with E-state index in [1.165, 1.54) is 0 Å². The maximum absolute atomic E-state index is 12.3. The Bertz CT molecular complexity index is 313. The van der Waals surface area contributed by atoms with E-state index in [1.807, 2.05) is 13.8 Å². The first kappa shape index (κ1) is 19.0. The highest BCUT2D eigenvalue weighted by atomic mass is 32.2. The van der Waals surface area contributed by atoms with Crippen molar-refractivity contribution >= 4 is 22.6 Å². The highest BCUT2D eigenvalue weighted by molar-refractivity contribution is 8.17. The Hall–Kier alpha value is -0.0400. The summed E-state index contributed by atoms with van der Waals surface area (Å²) in [6, 6.07) is 0. The quantitative estimate of drug-likeness (QED) is 0.664. The van der Waals surface area contributed by atoms with Gasteiger partial charge in [-0.25, -0.2) is 0 Å². The maximum Gasteiger partial charge on any atom is 0.157 e. The van der Waals surface area contributed by atoms with Crippen LogP contribution in [0.2, 0.25) is 0 Å². The summed E-state index contributed by atoms with van der Waals surface area (Å²) in [7, 11) is 2.16. The van der Waals surface area contributed by atoms with E-state index < -0.39 is 10.8 Å². The van der Waals surface area contributed by atoms with Crippen LogP contribution < -0.4 is 5.73 Å². The monoisotopic (exact) mass is 309 g/mol. The Labute approximate surface area is 123 Å². The predicted molar refractivity (Wildman–Crippen MR) is 84.3 cm³/mol. The maximum atomic E-state index is 12.3. The molecule has 0 aliphatic heterocycles. The van der Waals surface area contributed by atoms with Gasteiger partial charge in [0.25, 0.3) is 0 Å². The second kappa shape index (κ2) is 9.80. The van der Waals surface area contributed by atoms with E-state index >= 15 is 0 Å². The summed E-state index contributed by atoms with van der Waals surface area (Å²) < 4.78 is 23.4. The molecule has 0 aromatic rings. The second-order valence-corrected chi connectivity index (χ2v) is 8.56. The van der Waals surface area contributed by atoms with E-state index in [0.29, 0.717) is 23.8 Å². The lowest BCUT2D eigenvalue weighted by Crippen LogP contribution is -2.17. The van der Waals surface area contributed by atoms with E-state index in [2.05, 4.69) is 13.8 Å². The van der Waals surface area contributed by atoms with Gasteiger partial charge in [-0.3, -0.25) is 4.21 Å². The fourth-order valence-electron chi connectivity index (χ4n) is 1.39. The fourth-order valence-corrected chi connectivity index (χ4v) is 4.39. The molecule has 114 valence electrons. The summed E-state index contributed by atoms with van der Waals surface area (Å²) in [4.78, 5) is 0. The smallest absolute Gasteiger partial charge is 0.157 e. The molecule has 0 aromatic carbocycles. The van der Waals surface area contributed by atoms with Crippen LogP contribution in [0.1, 0.15) is 40.5 Å². The van der Waals surface area contributed by atoms with Gasteiger partial charge in [-0.2, -0.15) is 0 Å². The summed E-state index contributed by atoms with van der Waals surface area (Å²) in [5.41, 5.74) is 6.80. The van der Waals surface area contributed by atoms with Gasteiger partial charge in [-0.05, 0) is 6.42 Å². The van der Waals surface area contributed by atoms with Crippen LogP contribution in [0, 0.1) is 0 Å². The van der Waals surface area contributed by atoms with Crippen LogP contribution in [0.25, 0.3) is 0 Å². The second-order valence-electron chi connectivity index (χ2n) is 4.77. The van der Waals surface area contributed by atoms with Gasteiger partial charge >= 0.3 is 0 Å². The van der Waals surface area contributed by atoms with E-state index in [-0.39, 0.29) is 11.5 Å². The van der Waals surface area contributed by atoms with Crippen molar-refractivity contribution in [2.24, 2.45) is 5.73 Å². The van der Waals surface area contributed by atoms with E-state index in [4.69, 9.17) is 15.2 Å². The lowest BCUT2D eigenvalue weighted by molar-refractivity contribution is -0.105. The van der Waals surface area contributed by atoms with E-state index in [1.54, 1.807) is 26.0 Å². The molecule has 0 heterocycles. The molecule has 0 bridgehead atoms. The molecule has 0 aliphatic rings. The first-order valence-electron chi connectivity index (χ1n) is 6.44. The molecule has 1 unspecified atom stereocenters. The Kier molecular flexibility index (Phi) is 9.78. The number of thioether (sulfide) groups is 1. The van der Waals surface area contributed by atoms with Crippen LogP contribution in [0.4, 0.5) is 0 Å². The van der Waals surface area contributed by atoms with Gasteiger partial charge in [-0.1, -0.05) is 27.7 Å². The summed E-state index contributed by atoms with van der Waals surface area (Å²) in [6.45, 7) is 8.03. The minimum atomic E-state index is -1.04. The van der Waals surface area contributed by atoms with Crippen molar-refractivity contribution in [2.45, 2.75) is 57.3 Å². The van der Waals surface area contributed by atoms with Crippen molar-refractivity contribution in [3.63, 3.8) is 0 Å². The standard InChI is InChI=1S/C13H27NO3S2/c1-9(2)18-13(19(15)10(3)4)11(14)7-8-12(16-5)17-6/h9-10,12H,7-8,14H2,1-6H3. The molecule has 0 aromatic heterocycles. The zero-order chi connectivity index (χ0) is 15.0. The molecule has 2 N–H and O–H groups in total. The largest absolute Gasteiger partial charge is 0.401 e. The zero-order valence-electron chi connectivity index (χ0n) is 12.8. The molecular formula is C13H27NO3S2. The molecule has 6 heteroatoms. The average Bonchev–Trinajstić information content (AvgIpc) is 2.35. The van der Waals surface area contributed by atoms with Crippen LogP contribution in [0.5, 0.6) is 0 Å². The third-order valence-corrected chi connectivity index (χ3v) is 5.60. The Morgan fingerprint density at radius 1 is 1.21 bits per heavy atom. The summed E-state index contributed by atoms with van der Waals surface area (Å²) in [5, 5.41) is 0.428. The van der Waals surface area contributed by atoms with Crippen LogP contribution >= 0.6 is 11.8 Å². The highest BCUT2D eigenvalue weighted by Gasteiger charge is 2.18. The van der Waals surface area contributed by atoms with Gasteiger partial charge in [0.05, 0.1) is 15.0 Å². The van der Waals surface area contributed by atoms with Crippen LogP contribution in [-0.2, 0) is 20.3 Å². The van der Waals surface area contributed by atoms with Crippen molar-refractivity contribution in [1.82, 2.24) is 0 Å². The number of hydrogen-bond donors (Lipinski definition) is 1. The van der Waals surface area contributed by atoms with E-state index in [0.717, 1.165) is 4.24 Å². The van der Waals surface area contributed by atoms with Crippen LogP contribution in [-0.4, -0.2) is 35.2 Å². The SMILES string of the molecule is COC(CCC(N)=C(SC(C)C)S(=O)C(C)C)OC. The minimum Gasteiger partial charge on any atom is -0.401 e. The first-order valence-corrected chi connectivity index (χ1v) is 8.54. The Balaban J connectivity index is 4.87. The number of nitrogens with two attached hydrogens (primary N) is 1. The molecule has 0 amide bonds. The molecule has 0 fully saturated rings. The van der Waals surface area contributed by atoms with Gasteiger partial charge in [-0.15, -0.1) is 11.8 Å². The van der Waals surface area contributed by atoms with Crippen molar-refractivity contribution < 1.29 is 13.7 Å². The van der Waals surface area contributed by atoms with Crippen molar-refractivity contribution in [3.05, 3.63) is 9.93 Å². The topological polar surface area (TPSA) is 61.5 Å². The molecule has 0 aliphatic carbocycles.